The van der Waals surface area contributed by atoms with Crippen molar-refractivity contribution in [3.63, 3.8) is 0 Å². The van der Waals surface area contributed by atoms with Gasteiger partial charge in [-0.15, -0.1) is 0 Å². The summed E-state index contributed by atoms with van der Waals surface area (Å²) in [4.78, 5) is 31.0. The molecule has 1 unspecified atom stereocenters. The van der Waals surface area contributed by atoms with E-state index in [0.29, 0.717) is 31.2 Å². The minimum absolute atomic E-state index is 0.0169. The molecule has 0 radical (unpaired) electrons. The molecule has 2 fully saturated rings. The molecule has 158 valence electrons. The highest BCUT2D eigenvalue weighted by molar-refractivity contribution is 6.33. The van der Waals surface area contributed by atoms with Crippen LogP contribution < -0.4 is 10.2 Å². The summed E-state index contributed by atoms with van der Waals surface area (Å²) < 4.78 is 0. The van der Waals surface area contributed by atoms with Gasteiger partial charge in [-0.2, -0.15) is 0 Å². The van der Waals surface area contributed by atoms with Crippen LogP contribution in [0.1, 0.15) is 18.0 Å². The van der Waals surface area contributed by atoms with Gasteiger partial charge >= 0.3 is 0 Å². The summed E-state index contributed by atoms with van der Waals surface area (Å²) in [5, 5.41) is 4.74. The molecule has 0 bridgehead atoms. The number of anilines is 1. The molecule has 0 aromatic heterocycles. The number of hydrogen-bond donors (Lipinski definition) is 1. The van der Waals surface area contributed by atoms with Crippen LogP contribution in [0.2, 0.25) is 10.0 Å². The normalized spacial score (nSPS) is 19.9. The third-order valence-electron chi connectivity index (χ3n) is 5.68. The van der Waals surface area contributed by atoms with Crippen LogP contribution in [-0.4, -0.2) is 61.0 Å². The smallest absolute Gasteiger partial charge is 0.242 e. The van der Waals surface area contributed by atoms with E-state index in [0.717, 1.165) is 29.4 Å². The lowest BCUT2D eigenvalue weighted by atomic mass is 10.0. The second-order valence-electron chi connectivity index (χ2n) is 7.58. The molecule has 0 aliphatic carbocycles. The van der Waals surface area contributed by atoms with Gasteiger partial charge in [-0.1, -0.05) is 47.5 Å². The Morgan fingerprint density at radius 3 is 2.37 bits per heavy atom. The predicted molar refractivity (Wildman–Crippen MR) is 119 cm³/mol. The van der Waals surface area contributed by atoms with Gasteiger partial charge in [0.15, 0.2) is 0 Å². The van der Waals surface area contributed by atoms with Gasteiger partial charge in [0.25, 0.3) is 0 Å². The molecule has 1 atom stereocenters. The van der Waals surface area contributed by atoms with E-state index in [9.17, 15) is 9.59 Å². The molecule has 2 aromatic rings. The quantitative estimate of drug-likeness (QED) is 0.783. The van der Waals surface area contributed by atoms with Crippen molar-refractivity contribution in [2.24, 2.45) is 0 Å². The van der Waals surface area contributed by atoms with E-state index >= 15 is 0 Å². The molecule has 2 aliphatic heterocycles. The number of para-hydroxylation sites is 1. The minimum Gasteiger partial charge on any atom is -0.367 e. The molecule has 6 nitrogen and oxygen atoms in total. The number of nitrogens with zero attached hydrogens (tertiary/aromatic N) is 3. The first-order valence-electron chi connectivity index (χ1n) is 10.0. The maximum atomic E-state index is 12.8. The van der Waals surface area contributed by atoms with E-state index in [1.54, 1.807) is 4.90 Å². The van der Waals surface area contributed by atoms with E-state index < -0.39 is 0 Å². The molecular formula is C22H24Cl2N4O2. The Kier molecular flexibility index (Phi) is 6.46. The Balaban J connectivity index is 1.28. The minimum atomic E-state index is -0.0553. The standard InChI is InChI=1S/C22H24Cl2N4O2/c23-17-7-5-16(6-8-17)19-13-21(29)28(15-25-19)14-22(30)27-11-9-26(10-12-27)20-4-2-1-3-18(20)24/h1-8,19,25H,9-15H2. The number of nitrogens with one attached hydrogen (secondary N) is 1. The molecule has 8 heteroatoms. The van der Waals surface area contributed by atoms with Gasteiger partial charge in [-0.25, -0.2) is 0 Å². The van der Waals surface area contributed by atoms with Crippen LogP contribution in [0.15, 0.2) is 48.5 Å². The third kappa shape index (κ3) is 4.72. The zero-order chi connectivity index (χ0) is 21.1. The number of benzene rings is 2. The lowest BCUT2D eigenvalue weighted by molar-refractivity contribution is -0.143. The Labute approximate surface area is 186 Å². The number of carbonyl (C=O) groups excluding carboxylic acids is 2. The van der Waals surface area contributed by atoms with Crippen molar-refractivity contribution in [1.29, 1.82) is 0 Å². The summed E-state index contributed by atoms with van der Waals surface area (Å²) in [7, 11) is 0. The first-order chi connectivity index (χ1) is 14.5. The monoisotopic (exact) mass is 446 g/mol. The average molecular weight is 447 g/mol. The van der Waals surface area contributed by atoms with Gasteiger partial charge < -0.3 is 14.7 Å². The number of hydrogen-bond acceptors (Lipinski definition) is 4. The average Bonchev–Trinajstić information content (AvgIpc) is 2.76. The molecule has 30 heavy (non-hydrogen) atoms. The number of piperazine rings is 1. The van der Waals surface area contributed by atoms with E-state index in [1.165, 1.54) is 0 Å². The van der Waals surface area contributed by atoms with Gasteiger partial charge in [0, 0.05) is 43.7 Å². The second-order valence-corrected chi connectivity index (χ2v) is 8.43. The van der Waals surface area contributed by atoms with Crippen molar-refractivity contribution >= 4 is 40.7 Å². The van der Waals surface area contributed by atoms with Crippen molar-refractivity contribution in [2.45, 2.75) is 12.5 Å². The number of halogens is 2. The van der Waals surface area contributed by atoms with Gasteiger partial charge in [0.1, 0.15) is 6.54 Å². The molecule has 2 aromatic carbocycles. The van der Waals surface area contributed by atoms with Gasteiger partial charge in [-0.3, -0.25) is 14.9 Å². The molecule has 1 N–H and O–H groups in total. The Morgan fingerprint density at radius 1 is 1.00 bits per heavy atom. The van der Waals surface area contributed by atoms with Crippen LogP contribution in [0.5, 0.6) is 0 Å². The van der Waals surface area contributed by atoms with Gasteiger partial charge in [-0.05, 0) is 29.8 Å². The Hall–Kier alpha value is -2.28. The van der Waals surface area contributed by atoms with Crippen LogP contribution >= 0.6 is 23.2 Å². The van der Waals surface area contributed by atoms with Crippen molar-refractivity contribution in [2.75, 3.05) is 44.3 Å². The molecule has 4 rings (SSSR count). The van der Waals surface area contributed by atoms with Crippen LogP contribution in [0.4, 0.5) is 5.69 Å². The van der Waals surface area contributed by atoms with Crippen LogP contribution in [0, 0.1) is 0 Å². The van der Waals surface area contributed by atoms with Crippen molar-refractivity contribution < 1.29 is 9.59 Å². The fraction of sp³-hybridized carbons (Fsp3) is 0.364. The summed E-state index contributed by atoms with van der Waals surface area (Å²) >= 11 is 12.2. The molecule has 0 spiro atoms. The van der Waals surface area contributed by atoms with Crippen molar-refractivity contribution in [3.05, 3.63) is 64.1 Å². The highest BCUT2D eigenvalue weighted by Gasteiger charge is 2.30. The van der Waals surface area contributed by atoms with Gasteiger partial charge in [0.2, 0.25) is 11.8 Å². The lowest BCUT2D eigenvalue weighted by Crippen LogP contribution is -2.54. The van der Waals surface area contributed by atoms with Crippen molar-refractivity contribution in [1.82, 2.24) is 15.1 Å². The predicted octanol–water partition coefficient (Wildman–Crippen LogP) is 3.16. The molecule has 0 saturated carbocycles. The van der Waals surface area contributed by atoms with Crippen LogP contribution in [-0.2, 0) is 9.59 Å². The fourth-order valence-corrected chi connectivity index (χ4v) is 4.31. The van der Waals surface area contributed by atoms with Gasteiger partial charge in [0.05, 0.1) is 17.4 Å². The molecular weight excluding hydrogens is 423 g/mol. The SMILES string of the molecule is O=C(CN1CNC(c2ccc(Cl)cc2)CC1=O)N1CCN(c2ccccc2Cl)CC1. The topological polar surface area (TPSA) is 55.9 Å². The van der Waals surface area contributed by atoms with E-state index in [-0.39, 0.29) is 24.4 Å². The maximum absolute atomic E-state index is 12.8. The maximum Gasteiger partial charge on any atom is 0.242 e. The zero-order valence-electron chi connectivity index (χ0n) is 16.6. The molecule has 2 amide bonds. The highest BCUT2D eigenvalue weighted by atomic mass is 35.5. The summed E-state index contributed by atoms with van der Waals surface area (Å²) in [6, 6.07) is 15.2. The van der Waals surface area contributed by atoms with E-state index in [4.69, 9.17) is 23.2 Å². The Bertz CT molecular complexity index is 914. The second kappa shape index (κ2) is 9.25. The van der Waals surface area contributed by atoms with E-state index in [1.807, 2.05) is 53.4 Å². The van der Waals surface area contributed by atoms with E-state index in [2.05, 4.69) is 10.2 Å². The number of amides is 2. The summed E-state index contributed by atoms with van der Waals surface area (Å²) in [5.41, 5.74) is 2.02. The fourth-order valence-electron chi connectivity index (χ4n) is 3.93. The molecule has 2 heterocycles. The zero-order valence-corrected chi connectivity index (χ0v) is 18.1. The lowest BCUT2D eigenvalue weighted by Gasteiger charge is -2.38. The highest BCUT2D eigenvalue weighted by Crippen LogP contribution is 2.26. The summed E-state index contributed by atoms with van der Waals surface area (Å²) in [6.07, 6.45) is 0.329. The summed E-state index contributed by atoms with van der Waals surface area (Å²) in [5.74, 6) is -0.0364. The van der Waals surface area contributed by atoms with Crippen molar-refractivity contribution in [3.8, 4) is 0 Å². The number of carbonyl (C=O) groups is 2. The largest absolute Gasteiger partial charge is 0.367 e. The van der Waals surface area contributed by atoms with Crippen LogP contribution in [0.25, 0.3) is 0 Å². The summed E-state index contributed by atoms with van der Waals surface area (Å²) in [6.45, 7) is 3.14. The first kappa shape index (κ1) is 21.0. The number of rotatable bonds is 4. The van der Waals surface area contributed by atoms with Crippen LogP contribution in [0.3, 0.4) is 0 Å². The first-order valence-corrected chi connectivity index (χ1v) is 10.8. The molecule has 2 aliphatic rings. The Morgan fingerprint density at radius 2 is 1.70 bits per heavy atom. The third-order valence-corrected chi connectivity index (χ3v) is 6.26. The molecule has 2 saturated heterocycles.